The summed E-state index contributed by atoms with van der Waals surface area (Å²) in [5.74, 6) is 2.34. The number of hydrogen-bond acceptors (Lipinski definition) is 6. The van der Waals surface area contributed by atoms with Gasteiger partial charge in [0.25, 0.3) is 0 Å². The number of likely N-dealkylation sites (tertiary alicyclic amines) is 1. The minimum Gasteiger partial charge on any atom is -0.494 e. The Kier molecular flexibility index (Phi) is 8.53. The van der Waals surface area contributed by atoms with Crippen LogP contribution >= 0.6 is 0 Å². The van der Waals surface area contributed by atoms with Gasteiger partial charge in [0.1, 0.15) is 11.5 Å². The van der Waals surface area contributed by atoms with Gasteiger partial charge in [0.05, 0.1) is 19.8 Å². The zero-order valence-corrected chi connectivity index (χ0v) is 18.6. The summed E-state index contributed by atoms with van der Waals surface area (Å²) in [6.45, 7) is 6.44. The molecule has 1 amide bonds. The molecular weight excluding hydrogens is 410 g/mol. The summed E-state index contributed by atoms with van der Waals surface area (Å²) < 4.78 is 16.3. The molecule has 3 N–H and O–H groups in total. The lowest BCUT2D eigenvalue weighted by Gasteiger charge is -2.31. The molecule has 3 rings (SSSR count). The van der Waals surface area contributed by atoms with E-state index in [1.807, 2.05) is 43.3 Å². The van der Waals surface area contributed by atoms with Gasteiger partial charge in [0, 0.05) is 31.4 Å². The fourth-order valence-corrected chi connectivity index (χ4v) is 3.35. The van der Waals surface area contributed by atoms with Crippen molar-refractivity contribution in [3.8, 4) is 17.4 Å². The summed E-state index contributed by atoms with van der Waals surface area (Å²) in [7, 11) is 0. The van der Waals surface area contributed by atoms with Crippen LogP contribution in [0.4, 0.5) is 4.79 Å². The SMILES string of the molecule is CCOC(=O)N1CCC(NC(N)=NCc2ccnc(Oc3ccc(OCC)cc3)c2)CC1. The Bertz CT molecular complexity index is 896. The number of ether oxygens (including phenoxy) is 3. The quantitative estimate of drug-likeness (QED) is 0.477. The van der Waals surface area contributed by atoms with Crippen LogP contribution in [-0.4, -0.2) is 54.3 Å². The molecule has 0 unspecified atom stereocenters. The maximum absolute atomic E-state index is 11.8. The van der Waals surface area contributed by atoms with Gasteiger partial charge in [-0.1, -0.05) is 0 Å². The van der Waals surface area contributed by atoms with Crippen LogP contribution in [0.25, 0.3) is 0 Å². The van der Waals surface area contributed by atoms with Gasteiger partial charge in [-0.15, -0.1) is 0 Å². The molecule has 2 heterocycles. The van der Waals surface area contributed by atoms with Crippen LogP contribution in [0.1, 0.15) is 32.3 Å². The van der Waals surface area contributed by atoms with E-state index in [9.17, 15) is 4.79 Å². The zero-order valence-electron chi connectivity index (χ0n) is 18.6. The first-order valence-corrected chi connectivity index (χ1v) is 10.9. The summed E-state index contributed by atoms with van der Waals surface area (Å²) in [6, 6.07) is 11.3. The molecule has 32 heavy (non-hydrogen) atoms. The van der Waals surface area contributed by atoms with E-state index < -0.39 is 0 Å². The Morgan fingerprint density at radius 1 is 1.16 bits per heavy atom. The van der Waals surface area contributed by atoms with E-state index in [2.05, 4.69) is 15.3 Å². The van der Waals surface area contributed by atoms with Gasteiger partial charge < -0.3 is 30.2 Å². The van der Waals surface area contributed by atoms with Crippen LogP contribution in [0.5, 0.6) is 17.4 Å². The second-order valence-corrected chi connectivity index (χ2v) is 7.31. The largest absolute Gasteiger partial charge is 0.494 e. The third-order valence-corrected chi connectivity index (χ3v) is 4.96. The van der Waals surface area contributed by atoms with Crippen LogP contribution in [0.15, 0.2) is 47.6 Å². The first-order valence-electron chi connectivity index (χ1n) is 10.9. The van der Waals surface area contributed by atoms with Crippen molar-refractivity contribution >= 4 is 12.1 Å². The second kappa shape index (κ2) is 11.8. The van der Waals surface area contributed by atoms with Crippen LogP contribution in [-0.2, 0) is 11.3 Å². The molecule has 1 aromatic heterocycles. The van der Waals surface area contributed by atoms with Crippen molar-refractivity contribution in [1.29, 1.82) is 0 Å². The third kappa shape index (κ3) is 7.04. The zero-order chi connectivity index (χ0) is 22.8. The molecule has 172 valence electrons. The van der Waals surface area contributed by atoms with Crippen molar-refractivity contribution in [2.75, 3.05) is 26.3 Å². The number of hydrogen-bond donors (Lipinski definition) is 2. The average molecular weight is 442 g/mol. The Balaban J connectivity index is 1.48. The number of guanidine groups is 1. The minimum absolute atomic E-state index is 0.181. The molecule has 0 spiro atoms. The lowest BCUT2D eigenvalue weighted by molar-refractivity contribution is 0.0963. The van der Waals surface area contributed by atoms with E-state index in [1.54, 1.807) is 18.0 Å². The Morgan fingerprint density at radius 3 is 2.56 bits per heavy atom. The predicted octanol–water partition coefficient (Wildman–Crippen LogP) is 3.30. The van der Waals surface area contributed by atoms with Crippen molar-refractivity contribution in [3.63, 3.8) is 0 Å². The lowest BCUT2D eigenvalue weighted by atomic mass is 10.1. The number of piperidine rings is 1. The van der Waals surface area contributed by atoms with Gasteiger partial charge in [-0.05, 0) is 62.6 Å². The van der Waals surface area contributed by atoms with Crippen molar-refractivity contribution in [3.05, 3.63) is 48.2 Å². The first kappa shape index (κ1) is 23.2. The normalized spacial score (nSPS) is 14.7. The van der Waals surface area contributed by atoms with E-state index in [1.165, 1.54) is 0 Å². The number of carbonyl (C=O) groups excluding carboxylic acids is 1. The highest BCUT2D eigenvalue weighted by Gasteiger charge is 2.23. The summed E-state index contributed by atoms with van der Waals surface area (Å²) >= 11 is 0. The highest BCUT2D eigenvalue weighted by atomic mass is 16.6. The monoisotopic (exact) mass is 441 g/mol. The Labute approximate surface area is 188 Å². The summed E-state index contributed by atoms with van der Waals surface area (Å²) in [5, 5.41) is 3.24. The number of pyridine rings is 1. The molecule has 2 aromatic rings. The van der Waals surface area contributed by atoms with Crippen LogP contribution in [0, 0.1) is 0 Å². The molecule has 1 fully saturated rings. The van der Waals surface area contributed by atoms with Crippen molar-refractivity contribution in [2.24, 2.45) is 10.7 Å². The number of nitrogens with one attached hydrogen (secondary N) is 1. The maximum atomic E-state index is 11.8. The van der Waals surface area contributed by atoms with Gasteiger partial charge in [-0.2, -0.15) is 0 Å². The minimum atomic E-state index is -0.256. The lowest BCUT2D eigenvalue weighted by Crippen LogP contribution is -2.48. The van der Waals surface area contributed by atoms with Crippen molar-refractivity contribution < 1.29 is 19.0 Å². The van der Waals surface area contributed by atoms with E-state index in [4.69, 9.17) is 19.9 Å². The summed E-state index contributed by atoms with van der Waals surface area (Å²) in [4.78, 5) is 22.2. The molecule has 1 saturated heterocycles. The molecule has 9 nitrogen and oxygen atoms in total. The van der Waals surface area contributed by atoms with Gasteiger partial charge in [-0.25, -0.2) is 14.8 Å². The molecule has 1 aromatic carbocycles. The van der Waals surface area contributed by atoms with E-state index in [0.717, 1.165) is 24.2 Å². The molecule has 0 bridgehead atoms. The molecule has 0 aliphatic carbocycles. The molecule has 0 radical (unpaired) electrons. The number of amides is 1. The number of aromatic nitrogens is 1. The molecule has 0 saturated carbocycles. The Hall–Kier alpha value is -3.49. The maximum Gasteiger partial charge on any atom is 0.409 e. The fraction of sp³-hybridized carbons (Fsp3) is 0.435. The first-order chi connectivity index (χ1) is 15.6. The standard InChI is InChI=1S/C23H31N5O4/c1-3-30-19-5-7-20(8-6-19)32-21-15-17(9-12-25-21)16-26-22(24)27-18-10-13-28(14-11-18)23(29)31-4-2/h5-9,12,15,18H,3-4,10-11,13-14,16H2,1-2H3,(H3,24,26,27). The average Bonchev–Trinajstić information content (AvgIpc) is 2.80. The number of rotatable bonds is 8. The fourth-order valence-electron chi connectivity index (χ4n) is 3.35. The van der Waals surface area contributed by atoms with Gasteiger partial charge in [0.2, 0.25) is 5.88 Å². The third-order valence-electron chi connectivity index (χ3n) is 4.96. The number of nitrogens with zero attached hydrogens (tertiary/aromatic N) is 3. The van der Waals surface area contributed by atoms with Crippen molar-refractivity contribution in [2.45, 2.75) is 39.3 Å². The van der Waals surface area contributed by atoms with E-state index >= 15 is 0 Å². The van der Waals surface area contributed by atoms with Gasteiger partial charge in [-0.3, -0.25) is 0 Å². The molecule has 0 atom stereocenters. The van der Waals surface area contributed by atoms with E-state index in [-0.39, 0.29) is 12.1 Å². The van der Waals surface area contributed by atoms with Gasteiger partial charge >= 0.3 is 6.09 Å². The molecule has 1 aliphatic heterocycles. The summed E-state index contributed by atoms with van der Waals surface area (Å²) in [6.07, 6.45) is 3.02. The highest BCUT2D eigenvalue weighted by Crippen LogP contribution is 2.23. The molecule has 9 heteroatoms. The number of nitrogens with two attached hydrogens (primary N) is 1. The number of carbonyl (C=O) groups is 1. The number of benzene rings is 1. The smallest absolute Gasteiger partial charge is 0.409 e. The van der Waals surface area contributed by atoms with Crippen LogP contribution in [0.3, 0.4) is 0 Å². The van der Waals surface area contributed by atoms with Crippen LogP contribution < -0.4 is 20.5 Å². The summed E-state index contributed by atoms with van der Waals surface area (Å²) in [5.41, 5.74) is 7.00. The highest BCUT2D eigenvalue weighted by molar-refractivity contribution is 5.78. The van der Waals surface area contributed by atoms with Crippen molar-refractivity contribution in [1.82, 2.24) is 15.2 Å². The van der Waals surface area contributed by atoms with E-state index in [0.29, 0.717) is 50.4 Å². The molecular formula is C23H31N5O4. The molecule has 1 aliphatic rings. The van der Waals surface area contributed by atoms with Gasteiger partial charge in [0.15, 0.2) is 5.96 Å². The van der Waals surface area contributed by atoms with Crippen LogP contribution in [0.2, 0.25) is 0 Å². The number of aliphatic imine (C=N–C) groups is 1. The Morgan fingerprint density at radius 2 is 1.88 bits per heavy atom. The topological polar surface area (TPSA) is 111 Å². The predicted molar refractivity (Wildman–Crippen MR) is 122 cm³/mol. The second-order valence-electron chi connectivity index (χ2n) is 7.31.